The van der Waals surface area contributed by atoms with Crippen LogP contribution in [0.1, 0.15) is 13.8 Å². The van der Waals surface area contributed by atoms with Gasteiger partial charge in [-0.2, -0.15) is 37.9 Å². The Balaban J connectivity index is 2.57. The minimum absolute atomic E-state index is 1.00. The number of rotatable bonds is 16. The highest BCUT2D eigenvalue weighted by Gasteiger charge is 2.54. The van der Waals surface area contributed by atoms with E-state index in [1.54, 1.807) is 0 Å². The van der Waals surface area contributed by atoms with Crippen LogP contribution in [-0.2, 0) is 97.9 Å². The summed E-state index contributed by atoms with van der Waals surface area (Å²) in [6.45, 7) is -0.0470. The van der Waals surface area contributed by atoms with E-state index in [-0.39, 0.29) is 0 Å². The lowest BCUT2D eigenvalue weighted by molar-refractivity contribution is -0.379. The fourth-order valence-corrected chi connectivity index (χ4v) is 6.11. The largest absolute Gasteiger partial charge is 0.397 e. The van der Waals surface area contributed by atoms with Gasteiger partial charge in [-0.05, 0) is 0 Å². The average molecular weight is 753 g/mol. The summed E-state index contributed by atoms with van der Waals surface area (Å²) in [5.74, 6) is -2.88. The highest BCUT2D eigenvalue weighted by Crippen LogP contribution is 2.38. The second kappa shape index (κ2) is 15.5. The zero-order valence-electron chi connectivity index (χ0n) is 22.2. The normalized spacial score (nSPS) is 34.9. The molecule has 0 aromatic carbocycles. The summed E-state index contributed by atoms with van der Waals surface area (Å²) in [7, 11) is -20.1. The van der Waals surface area contributed by atoms with E-state index in [0.717, 1.165) is 14.0 Å². The fourth-order valence-electron chi connectivity index (χ4n) is 4.22. The van der Waals surface area contributed by atoms with E-state index in [2.05, 4.69) is 21.1 Å². The van der Waals surface area contributed by atoms with Crippen LogP contribution in [0, 0.1) is 11.8 Å². The summed E-state index contributed by atoms with van der Waals surface area (Å²) in [6, 6.07) is 0. The molecule has 0 aliphatic carbocycles. The van der Waals surface area contributed by atoms with E-state index in [1.807, 2.05) is 0 Å². The summed E-state index contributed by atoms with van der Waals surface area (Å²) in [5.41, 5.74) is 0. The van der Waals surface area contributed by atoms with Gasteiger partial charge >= 0.3 is 53.0 Å². The predicted molar refractivity (Wildman–Crippen MR) is 132 cm³/mol. The molecule has 2 aliphatic heterocycles. The molecule has 0 radical (unpaired) electrons. The van der Waals surface area contributed by atoms with E-state index in [9.17, 15) is 47.0 Å². The van der Waals surface area contributed by atoms with Crippen molar-refractivity contribution in [3.63, 3.8) is 0 Å². The van der Waals surface area contributed by atoms with E-state index in [4.69, 9.17) is 37.5 Å². The average Bonchev–Trinajstić information content (AvgIpc) is 2.83. The van der Waals surface area contributed by atoms with Crippen molar-refractivity contribution in [2.45, 2.75) is 63.1 Å². The molecule has 2 saturated heterocycles. The Kier molecular flexibility index (Phi) is 13.9. The van der Waals surface area contributed by atoms with Crippen LogP contribution in [0.4, 0.5) is 0 Å². The maximum absolute atomic E-state index is 11.7. The smallest absolute Gasteiger partial charge is 0.353 e. The maximum atomic E-state index is 11.7. The first-order chi connectivity index (χ1) is 19.9. The Morgan fingerprint density at radius 3 is 1.52 bits per heavy atom. The molecule has 0 spiro atoms. The van der Waals surface area contributed by atoms with Crippen molar-refractivity contribution in [2.24, 2.45) is 11.8 Å². The first-order valence-electron chi connectivity index (χ1n) is 11.4. The van der Waals surface area contributed by atoms with Crippen LogP contribution in [0.5, 0.6) is 0 Å². The second-order valence-electron chi connectivity index (χ2n) is 8.89. The van der Waals surface area contributed by atoms with Gasteiger partial charge < -0.3 is 18.9 Å². The van der Waals surface area contributed by atoms with Crippen molar-refractivity contribution in [3.05, 3.63) is 0 Å². The molecule has 2 heterocycles. The molecule has 0 bridgehead atoms. The third-order valence-corrected chi connectivity index (χ3v) is 7.91. The molecule has 5 N–H and O–H groups in total. The molecule has 2 rings (SSSR count). The van der Waals surface area contributed by atoms with E-state index >= 15 is 0 Å². The molecular formula is C15H28O24S5. The standard InChI is InChI=1S/C15H28O24S5/c1-6-10(8(4-31-41(18,19)20)33-14(30-3)12(6)36-39-40(16)17)35-15-13(38-44(27,28)29)7(2)11(37-43(24,25)26)9(34-15)5-32-42(21,22)23/h6-15H,4-5H2,1-3H3,(H,16,17)(H,18,19,20)(H,21,22,23)(H,24,25,26)(H,27,28,29)/t6?,7?,8?,9?,10-,11-,12?,13?,14-,15+/m0/s1. The van der Waals surface area contributed by atoms with Gasteiger partial charge in [0.1, 0.15) is 24.4 Å². The van der Waals surface area contributed by atoms with E-state index < -0.39 is 127 Å². The van der Waals surface area contributed by atoms with Gasteiger partial charge in [-0.15, -0.1) is 4.33 Å². The molecule has 0 amide bonds. The SMILES string of the molecule is CO[C@H]1OC(COS(=O)(=O)O)[C@@H](O[C@H]2OC(COS(=O)(=O)O)[C@@H](OS(=O)(=O)O)C(C)C2OS(=O)(=O)O)C(C)C1OOS(=O)O. The Morgan fingerprint density at radius 1 is 0.659 bits per heavy atom. The van der Waals surface area contributed by atoms with Gasteiger partial charge in [0.25, 0.3) is 0 Å². The summed E-state index contributed by atoms with van der Waals surface area (Å²) in [6.07, 6.45) is -14.7. The van der Waals surface area contributed by atoms with Crippen molar-refractivity contribution in [3.8, 4) is 0 Å². The predicted octanol–water partition coefficient (Wildman–Crippen LogP) is -2.79. The van der Waals surface area contributed by atoms with Gasteiger partial charge in [-0.3, -0.25) is 22.8 Å². The number of hydrogen-bond acceptors (Lipinski definition) is 19. The number of methoxy groups -OCH3 is 1. The zero-order chi connectivity index (χ0) is 33.8. The molecule has 11 atom stereocenters. The van der Waals surface area contributed by atoms with E-state index in [1.165, 1.54) is 6.92 Å². The highest BCUT2D eigenvalue weighted by atomic mass is 32.3. The van der Waals surface area contributed by atoms with Crippen LogP contribution in [0.3, 0.4) is 0 Å². The molecule has 0 saturated carbocycles. The molecule has 44 heavy (non-hydrogen) atoms. The molecule has 0 aromatic rings. The lowest BCUT2D eigenvalue weighted by Gasteiger charge is -2.48. The van der Waals surface area contributed by atoms with Gasteiger partial charge in [0.15, 0.2) is 18.7 Å². The van der Waals surface area contributed by atoms with Crippen LogP contribution in [0.25, 0.3) is 0 Å². The lowest BCUT2D eigenvalue weighted by atomic mass is 9.89. The Bertz CT molecular complexity index is 1410. The van der Waals surface area contributed by atoms with Crippen LogP contribution in [0.15, 0.2) is 0 Å². The van der Waals surface area contributed by atoms with Crippen molar-refractivity contribution < 1.29 is 106 Å². The van der Waals surface area contributed by atoms with Gasteiger partial charge in [0.2, 0.25) is 0 Å². The van der Waals surface area contributed by atoms with E-state index in [0.29, 0.717) is 0 Å². The quantitative estimate of drug-likeness (QED) is 0.0460. The minimum atomic E-state index is -5.44. The van der Waals surface area contributed by atoms with Gasteiger partial charge in [-0.1, -0.05) is 13.8 Å². The Labute approximate surface area is 253 Å². The third kappa shape index (κ3) is 12.9. The van der Waals surface area contributed by atoms with Crippen molar-refractivity contribution in [1.82, 2.24) is 0 Å². The molecule has 2 aliphatic rings. The fraction of sp³-hybridized carbons (Fsp3) is 1.00. The Morgan fingerprint density at radius 2 is 1.09 bits per heavy atom. The first kappa shape index (κ1) is 39.5. The summed E-state index contributed by atoms with van der Waals surface area (Å²) < 4.78 is 191. The molecule has 2 fully saturated rings. The molecule has 29 heteroatoms. The third-order valence-electron chi connectivity index (χ3n) is 5.92. The van der Waals surface area contributed by atoms with Crippen molar-refractivity contribution >= 4 is 53.0 Å². The topological polar surface area (TPSA) is 347 Å². The summed E-state index contributed by atoms with van der Waals surface area (Å²) in [5, 5.41) is 0. The zero-order valence-corrected chi connectivity index (χ0v) is 26.3. The van der Waals surface area contributed by atoms with Crippen LogP contribution >= 0.6 is 0 Å². The van der Waals surface area contributed by atoms with Crippen molar-refractivity contribution in [1.29, 1.82) is 0 Å². The van der Waals surface area contributed by atoms with Crippen molar-refractivity contribution in [2.75, 3.05) is 20.3 Å². The van der Waals surface area contributed by atoms with Crippen LogP contribution in [-0.4, -0.2) is 130 Å². The van der Waals surface area contributed by atoms with Gasteiger partial charge in [-0.25, -0.2) is 21.6 Å². The lowest BCUT2D eigenvalue weighted by Crippen LogP contribution is -2.62. The minimum Gasteiger partial charge on any atom is -0.353 e. The maximum Gasteiger partial charge on any atom is 0.397 e. The molecule has 0 aromatic heterocycles. The summed E-state index contributed by atoms with van der Waals surface area (Å²) >= 11 is -3.01. The van der Waals surface area contributed by atoms with Crippen LogP contribution in [0.2, 0.25) is 0 Å². The molecular weight excluding hydrogens is 724 g/mol. The van der Waals surface area contributed by atoms with Gasteiger partial charge in [0.05, 0.1) is 19.3 Å². The Hall–Kier alpha value is -0.650. The highest BCUT2D eigenvalue weighted by molar-refractivity contribution is 7.81. The first-order valence-corrected chi connectivity index (χ1v) is 17.9. The molecule has 7 unspecified atom stereocenters. The molecule has 262 valence electrons. The van der Waals surface area contributed by atoms with Crippen LogP contribution < -0.4 is 0 Å². The number of ether oxygens (including phenoxy) is 4. The summed E-state index contributed by atoms with van der Waals surface area (Å²) in [4.78, 5) is 4.85. The number of hydrogen-bond donors (Lipinski definition) is 5. The monoisotopic (exact) mass is 752 g/mol. The second-order valence-corrected chi connectivity index (χ2v) is 13.7. The molecule has 24 nitrogen and oxygen atoms in total. The van der Waals surface area contributed by atoms with Gasteiger partial charge in [0, 0.05) is 18.9 Å².